The van der Waals surface area contributed by atoms with Crippen LogP contribution in [0.3, 0.4) is 0 Å². The number of hydrogen-bond acceptors (Lipinski definition) is 2. The first-order chi connectivity index (χ1) is 9.10. The molecule has 0 saturated carbocycles. The molecule has 1 unspecified atom stereocenters. The van der Waals surface area contributed by atoms with Crippen LogP contribution < -0.4 is 5.32 Å². The smallest absolute Gasteiger partial charge is 0.0992 e. The number of rotatable bonds is 3. The average molecular weight is 380 g/mol. The molecule has 0 aliphatic rings. The summed E-state index contributed by atoms with van der Waals surface area (Å²) in [5.74, 6) is 0. The fourth-order valence-corrected chi connectivity index (χ4v) is 2.70. The van der Waals surface area contributed by atoms with E-state index < -0.39 is 0 Å². The minimum absolute atomic E-state index is 0.182. The maximum Gasteiger partial charge on any atom is 0.0992 e. The maximum absolute atomic E-state index is 8.85. The van der Waals surface area contributed by atoms with Crippen molar-refractivity contribution in [3.63, 3.8) is 0 Å². The van der Waals surface area contributed by atoms with E-state index in [0.29, 0.717) is 5.56 Å². The topological polar surface area (TPSA) is 35.8 Å². The lowest BCUT2D eigenvalue weighted by atomic mass is 10.1. The molecule has 0 fully saturated rings. The zero-order valence-corrected chi connectivity index (χ0v) is 13.5. The van der Waals surface area contributed by atoms with E-state index in [2.05, 4.69) is 62.3 Å². The van der Waals surface area contributed by atoms with Gasteiger partial charge in [-0.15, -0.1) is 0 Å². The van der Waals surface area contributed by atoms with E-state index in [-0.39, 0.29) is 6.04 Å². The summed E-state index contributed by atoms with van der Waals surface area (Å²) in [5.41, 5.74) is 2.82. The first-order valence-electron chi connectivity index (χ1n) is 5.82. The number of benzene rings is 2. The molecule has 96 valence electrons. The largest absolute Gasteiger partial charge is 0.378 e. The second-order valence-electron chi connectivity index (χ2n) is 4.23. The minimum atomic E-state index is 0.182. The number of hydrogen-bond donors (Lipinski definition) is 1. The van der Waals surface area contributed by atoms with Gasteiger partial charge in [0.25, 0.3) is 0 Å². The molecule has 2 rings (SSSR count). The Morgan fingerprint density at radius 3 is 2.58 bits per heavy atom. The van der Waals surface area contributed by atoms with Crippen molar-refractivity contribution in [1.82, 2.24) is 0 Å². The Balaban J connectivity index is 2.20. The second-order valence-corrected chi connectivity index (χ2v) is 6.00. The van der Waals surface area contributed by atoms with E-state index in [0.717, 1.165) is 14.6 Å². The van der Waals surface area contributed by atoms with E-state index >= 15 is 0 Å². The van der Waals surface area contributed by atoms with Crippen LogP contribution in [0.15, 0.2) is 51.4 Å². The highest BCUT2D eigenvalue weighted by atomic mass is 79.9. The normalized spacial score (nSPS) is 11.7. The fourth-order valence-electron chi connectivity index (χ4n) is 1.79. The molecule has 0 heterocycles. The Bertz CT molecular complexity index is 632. The zero-order valence-electron chi connectivity index (χ0n) is 10.3. The molecule has 2 aromatic rings. The highest BCUT2D eigenvalue weighted by Gasteiger charge is 2.08. The number of nitrogens with one attached hydrogen (secondary N) is 1. The predicted molar refractivity (Wildman–Crippen MR) is 85.0 cm³/mol. The van der Waals surface area contributed by atoms with Crippen molar-refractivity contribution in [3.8, 4) is 6.07 Å². The quantitative estimate of drug-likeness (QED) is 0.789. The van der Waals surface area contributed by atoms with Gasteiger partial charge >= 0.3 is 0 Å². The van der Waals surface area contributed by atoms with Gasteiger partial charge in [0.15, 0.2) is 0 Å². The minimum Gasteiger partial charge on any atom is -0.378 e. The number of nitrogens with zero attached hydrogens (tertiary/aromatic N) is 1. The van der Waals surface area contributed by atoms with Crippen LogP contribution in [0.2, 0.25) is 0 Å². The summed E-state index contributed by atoms with van der Waals surface area (Å²) in [7, 11) is 0. The molecule has 0 aliphatic carbocycles. The van der Waals surface area contributed by atoms with E-state index in [4.69, 9.17) is 5.26 Å². The van der Waals surface area contributed by atoms with E-state index in [1.165, 1.54) is 5.56 Å². The maximum atomic E-state index is 8.85. The lowest BCUT2D eigenvalue weighted by Gasteiger charge is -2.17. The van der Waals surface area contributed by atoms with Crippen molar-refractivity contribution in [2.75, 3.05) is 5.32 Å². The van der Waals surface area contributed by atoms with Gasteiger partial charge < -0.3 is 5.32 Å². The van der Waals surface area contributed by atoms with Gasteiger partial charge in [0.2, 0.25) is 0 Å². The van der Waals surface area contributed by atoms with Crippen LogP contribution in [0.1, 0.15) is 24.1 Å². The van der Waals surface area contributed by atoms with Gasteiger partial charge in [-0.1, -0.05) is 28.1 Å². The van der Waals surface area contributed by atoms with Crippen LogP contribution in [0, 0.1) is 11.3 Å². The lowest BCUT2D eigenvalue weighted by Crippen LogP contribution is -2.07. The third-order valence-electron chi connectivity index (χ3n) is 2.82. The standard InChI is InChI=1S/C15H12Br2N2/c1-10(12-3-2-4-13(16)8-12)19-15-6-5-11(9-18)7-14(15)17/h2-8,10,19H,1H3. The molecular formula is C15H12Br2N2. The van der Waals surface area contributed by atoms with E-state index in [1.807, 2.05) is 24.3 Å². The molecule has 1 atom stereocenters. The molecular weight excluding hydrogens is 368 g/mol. The molecule has 19 heavy (non-hydrogen) atoms. The number of anilines is 1. The van der Waals surface area contributed by atoms with E-state index in [1.54, 1.807) is 6.07 Å². The van der Waals surface area contributed by atoms with Crippen molar-refractivity contribution in [2.45, 2.75) is 13.0 Å². The Kier molecular flexibility index (Phi) is 4.62. The van der Waals surface area contributed by atoms with Crippen molar-refractivity contribution in [1.29, 1.82) is 5.26 Å². The van der Waals surface area contributed by atoms with Gasteiger partial charge in [0.1, 0.15) is 0 Å². The zero-order chi connectivity index (χ0) is 13.8. The highest BCUT2D eigenvalue weighted by Crippen LogP contribution is 2.28. The van der Waals surface area contributed by atoms with Gasteiger partial charge in [0.05, 0.1) is 11.6 Å². The van der Waals surface area contributed by atoms with Crippen LogP contribution in [0.25, 0.3) is 0 Å². The van der Waals surface area contributed by atoms with Gasteiger partial charge in [-0.25, -0.2) is 0 Å². The predicted octanol–water partition coefficient (Wildman–Crippen LogP) is 5.26. The lowest BCUT2D eigenvalue weighted by molar-refractivity contribution is 0.882. The van der Waals surface area contributed by atoms with Gasteiger partial charge in [-0.05, 0) is 58.7 Å². The molecule has 2 aromatic carbocycles. The first kappa shape index (κ1) is 14.1. The Labute approximate surface area is 129 Å². The molecule has 0 amide bonds. The molecule has 0 bridgehead atoms. The van der Waals surface area contributed by atoms with Crippen molar-refractivity contribution < 1.29 is 0 Å². The van der Waals surface area contributed by atoms with Crippen molar-refractivity contribution in [3.05, 3.63) is 62.5 Å². The molecule has 0 saturated heterocycles. The van der Waals surface area contributed by atoms with Crippen LogP contribution in [0.5, 0.6) is 0 Å². The summed E-state index contributed by atoms with van der Waals surface area (Å²) in [5, 5.41) is 12.3. The van der Waals surface area contributed by atoms with E-state index in [9.17, 15) is 0 Å². The molecule has 0 aliphatic heterocycles. The molecule has 0 spiro atoms. The average Bonchev–Trinajstić information content (AvgIpc) is 2.41. The molecule has 2 nitrogen and oxygen atoms in total. The van der Waals surface area contributed by atoms with Crippen LogP contribution in [-0.4, -0.2) is 0 Å². The van der Waals surface area contributed by atoms with Crippen molar-refractivity contribution in [2.24, 2.45) is 0 Å². The van der Waals surface area contributed by atoms with Gasteiger partial charge in [-0.3, -0.25) is 0 Å². The van der Waals surface area contributed by atoms with Crippen LogP contribution >= 0.6 is 31.9 Å². The fraction of sp³-hybridized carbons (Fsp3) is 0.133. The summed E-state index contributed by atoms with van der Waals surface area (Å²) >= 11 is 6.96. The summed E-state index contributed by atoms with van der Waals surface area (Å²) in [4.78, 5) is 0. The summed E-state index contributed by atoms with van der Waals surface area (Å²) < 4.78 is 1.96. The molecule has 0 aromatic heterocycles. The molecule has 1 N–H and O–H groups in total. The Morgan fingerprint density at radius 2 is 1.95 bits per heavy atom. The van der Waals surface area contributed by atoms with Crippen LogP contribution in [-0.2, 0) is 0 Å². The van der Waals surface area contributed by atoms with Gasteiger partial charge in [-0.2, -0.15) is 5.26 Å². The molecule has 0 radical (unpaired) electrons. The number of halogens is 2. The summed E-state index contributed by atoms with van der Waals surface area (Å²) in [6.45, 7) is 2.10. The SMILES string of the molecule is CC(Nc1ccc(C#N)cc1Br)c1cccc(Br)c1. The third-order valence-corrected chi connectivity index (χ3v) is 3.97. The highest BCUT2D eigenvalue weighted by molar-refractivity contribution is 9.10. The summed E-state index contributed by atoms with van der Waals surface area (Å²) in [6.07, 6.45) is 0. The Morgan fingerprint density at radius 1 is 1.16 bits per heavy atom. The molecule has 4 heteroatoms. The number of nitriles is 1. The van der Waals surface area contributed by atoms with Crippen molar-refractivity contribution >= 4 is 37.5 Å². The van der Waals surface area contributed by atoms with Gasteiger partial charge in [0, 0.05) is 20.7 Å². The first-order valence-corrected chi connectivity index (χ1v) is 7.40. The Hall–Kier alpha value is -1.31. The second kappa shape index (κ2) is 6.23. The third kappa shape index (κ3) is 3.59. The summed E-state index contributed by atoms with van der Waals surface area (Å²) in [6, 6.07) is 16.0. The monoisotopic (exact) mass is 378 g/mol. The van der Waals surface area contributed by atoms with Crippen LogP contribution in [0.4, 0.5) is 5.69 Å².